The largest absolute Gasteiger partial charge is 0.312 e. The van der Waals surface area contributed by atoms with Crippen LogP contribution in [0.2, 0.25) is 0 Å². The molecule has 1 aromatic carbocycles. The zero-order valence-electron chi connectivity index (χ0n) is 11.0. The van der Waals surface area contributed by atoms with Crippen molar-refractivity contribution in [1.29, 1.82) is 0 Å². The molecule has 0 saturated carbocycles. The summed E-state index contributed by atoms with van der Waals surface area (Å²) in [6, 6.07) is 10.9. The number of thioether (sulfide) groups is 1. The smallest absolute Gasteiger partial charge is 0.0750 e. The SMILES string of the molecule is CCCSCC(NC)c1cccc2cccnc12. The maximum atomic E-state index is 4.53. The van der Waals surface area contributed by atoms with Crippen LogP contribution in [-0.2, 0) is 0 Å². The molecular weight excluding hydrogens is 240 g/mol. The third-order valence-electron chi connectivity index (χ3n) is 3.02. The van der Waals surface area contributed by atoms with Gasteiger partial charge in [0, 0.05) is 23.4 Å². The maximum absolute atomic E-state index is 4.53. The molecule has 2 aromatic rings. The van der Waals surface area contributed by atoms with Crippen LogP contribution < -0.4 is 5.32 Å². The number of aromatic nitrogens is 1. The molecule has 2 nitrogen and oxygen atoms in total. The molecule has 1 atom stereocenters. The van der Waals surface area contributed by atoms with E-state index in [0.717, 1.165) is 11.3 Å². The number of nitrogens with zero attached hydrogens (tertiary/aromatic N) is 1. The van der Waals surface area contributed by atoms with Gasteiger partial charge in [0.2, 0.25) is 0 Å². The number of fused-ring (bicyclic) bond motifs is 1. The van der Waals surface area contributed by atoms with E-state index in [1.54, 1.807) is 0 Å². The molecule has 0 aliphatic heterocycles. The third-order valence-corrected chi connectivity index (χ3v) is 4.29. The molecule has 0 fully saturated rings. The molecule has 2 rings (SSSR count). The summed E-state index contributed by atoms with van der Waals surface area (Å²) < 4.78 is 0. The molecule has 3 heteroatoms. The Bertz CT molecular complexity index is 493. The van der Waals surface area contributed by atoms with Crippen molar-refractivity contribution in [3.63, 3.8) is 0 Å². The highest BCUT2D eigenvalue weighted by atomic mass is 32.2. The fourth-order valence-corrected chi connectivity index (χ4v) is 3.12. The second-order valence-electron chi connectivity index (χ2n) is 4.34. The van der Waals surface area contributed by atoms with Gasteiger partial charge in [-0.15, -0.1) is 0 Å². The van der Waals surface area contributed by atoms with E-state index in [2.05, 4.69) is 41.5 Å². The lowest BCUT2D eigenvalue weighted by Crippen LogP contribution is -2.19. The summed E-state index contributed by atoms with van der Waals surface area (Å²) in [5.41, 5.74) is 2.43. The van der Waals surface area contributed by atoms with Gasteiger partial charge in [0.1, 0.15) is 0 Å². The average Bonchev–Trinajstić information content (AvgIpc) is 2.43. The standard InChI is InChI=1S/C15H20N2S/c1-3-10-18-11-14(16-2)13-8-4-6-12-7-5-9-17-15(12)13/h4-9,14,16H,3,10-11H2,1-2H3. The molecule has 1 aromatic heterocycles. The molecule has 0 aliphatic carbocycles. The number of benzene rings is 1. The van der Waals surface area contributed by atoms with Gasteiger partial charge < -0.3 is 5.32 Å². The predicted molar refractivity (Wildman–Crippen MR) is 81.2 cm³/mol. The van der Waals surface area contributed by atoms with E-state index in [1.807, 2.05) is 31.1 Å². The number of para-hydroxylation sites is 1. The van der Waals surface area contributed by atoms with Crippen molar-refractivity contribution in [1.82, 2.24) is 10.3 Å². The van der Waals surface area contributed by atoms with Crippen molar-refractivity contribution in [2.24, 2.45) is 0 Å². The molecule has 1 heterocycles. The van der Waals surface area contributed by atoms with Gasteiger partial charge in [-0.1, -0.05) is 31.2 Å². The first-order valence-corrected chi connectivity index (χ1v) is 7.61. The summed E-state index contributed by atoms with van der Waals surface area (Å²) in [5, 5.41) is 4.63. The summed E-state index contributed by atoms with van der Waals surface area (Å²) in [7, 11) is 2.03. The van der Waals surface area contributed by atoms with E-state index in [9.17, 15) is 0 Å². The first-order chi connectivity index (χ1) is 8.86. The Labute approximate surface area is 113 Å². The monoisotopic (exact) mass is 260 g/mol. The predicted octanol–water partition coefficient (Wildman–Crippen LogP) is 3.64. The van der Waals surface area contributed by atoms with Gasteiger partial charge in [-0.3, -0.25) is 4.98 Å². The fourth-order valence-electron chi connectivity index (χ4n) is 2.08. The molecule has 0 radical (unpaired) electrons. The highest BCUT2D eigenvalue weighted by molar-refractivity contribution is 7.99. The molecule has 0 bridgehead atoms. The number of pyridine rings is 1. The van der Waals surface area contributed by atoms with E-state index < -0.39 is 0 Å². The van der Waals surface area contributed by atoms with Crippen molar-refractivity contribution in [2.75, 3.05) is 18.6 Å². The minimum atomic E-state index is 0.375. The van der Waals surface area contributed by atoms with Crippen LogP contribution in [0.3, 0.4) is 0 Å². The Hall–Kier alpha value is -1.06. The Balaban J connectivity index is 2.27. The van der Waals surface area contributed by atoms with Crippen molar-refractivity contribution in [3.8, 4) is 0 Å². The highest BCUT2D eigenvalue weighted by Crippen LogP contribution is 2.25. The van der Waals surface area contributed by atoms with Gasteiger partial charge in [-0.25, -0.2) is 0 Å². The number of rotatable bonds is 6. The van der Waals surface area contributed by atoms with Gasteiger partial charge >= 0.3 is 0 Å². The van der Waals surface area contributed by atoms with Crippen molar-refractivity contribution in [2.45, 2.75) is 19.4 Å². The second-order valence-corrected chi connectivity index (χ2v) is 5.49. The van der Waals surface area contributed by atoms with Crippen LogP contribution >= 0.6 is 11.8 Å². The molecular formula is C15H20N2S. The quantitative estimate of drug-likeness (QED) is 0.803. The minimum absolute atomic E-state index is 0.375. The van der Waals surface area contributed by atoms with Crippen molar-refractivity contribution < 1.29 is 0 Å². The van der Waals surface area contributed by atoms with Crippen LogP contribution in [-0.4, -0.2) is 23.5 Å². The Morgan fingerprint density at radius 2 is 2.11 bits per heavy atom. The van der Waals surface area contributed by atoms with Crippen LogP contribution in [0.25, 0.3) is 10.9 Å². The zero-order chi connectivity index (χ0) is 12.8. The highest BCUT2D eigenvalue weighted by Gasteiger charge is 2.12. The van der Waals surface area contributed by atoms with Crippen molar-refractivity contribution in [3.05, 3.63) is 42.1 Å². The number of hydrogen-bond acceptors (Lipinski definition) is 3. The van der Waals surface area contributed by atoms with Crippen LogP contribution in [0.4, 0.5) is 0 Å². The second kappa shape index (κ2) is 6.76. The van der Waals surface area contributed by atoms with E-state index in [-0.39, 0.29) is 0 Å². The summed E-state index contributed by atoms with van der Waals surface area (Å²) in [4.78, 5) is 4.53. The van der Waals surface area contributed by atoms with Gasteiger partial charge in [0.25, 0.3) is 0 Å². The van der Waals surface area contributed by atoms with Gasteiger partial charge in [-0.2, -0.15) is 11.8 Å². The molecule has 0 spiro atoms. The summed E-state index contributed by atoms with van der Waals surface area (Å²) in [6.07, 6.45) is 3.10. The fraction of sp³-hybridized carbons (Fsp3) is 0.400. The summed E-state index contributed by atoms with van der Waals surface area (Å²) in [6.45, 7) is 2.22. The first kappa shape index (κ1) is 13.4. The lowest BCUT2D eigenvalue weighted by atomic mass is 10.0. The molecule has 0 aliphatic rings. The van der Waals surface area contributed by atoms with E-state index in [0.29, 0.717) is 6.04 Å². The molecule has 0 saturated heterocycles. The third kappa shape index (κ3) is 3.03. The average molecular weight is 260 g/mol. The van der Waals surface area contributed by atoms with Crippen LogP contribution in [0.5, 0.6) is 0 Å². The lowest BCUT2D eigenvalue weighted by molar-refractivity contribution is 0.665. The van der Waals surface area contributed by atoms with Crippen LogP contribution in [0, 0.1) is 0 Å². The Morgan fingerprint density at radius 1 is 1.28 bits per heavy atom. The molecule has 1 unspecified atom stereocenters. The van der Waals surface area contributed by atoms with Gasteiger partial charge in [0.05, 0.1) is 5.52 Å². The molecule has 1 N–H and O–H groups in total. The number of nitrogens with one attached hydrogen (secondary N) is 1. The van der Waals surface area contributed by atoms with E-state index in [4.69, 9.17) is 0 Å². The topological polar surface area (TPSA) is 24.9 Å². The van der Waals surface area contributed by atoms with Crippen molar-refractivity contribution >= 4 is 22.7 Å². The van der Waals surface area contributed by atoms with Crippen LogP contribution in [0.15, 0.2) is 36.5 Å². The van der Waals surface area contributed by atoms with Crippen LogP contribution in [0.1, 0.15) is 24.9 Å². The number of hydrogen-bond donors (Lipinski definition) is 1. The summed E-state index contributed by atoms with van der Waals surface area (Å²) in [5.74, 6) is 2.32. The van der Waals surface area contributed by atoms with Gasteiger partial charge in [-0.05, 0) is 30.9 Å². The minimum Gasteiger partial charge on any atom is -0.312 e. The normalized spacial score (nSPS) is 12.8. The first-order valence-electron chi connectivity index (χ1n) is 6.45. The molecule has 18 heavy (non-hydrogen) atoms. The Morgan fingerprint density at radius 3 is 2.89 bits per heavy atom. The maximum Gasteiger partial charge on any atom is 0.0750 e. The lowest BCUT2D eigenvalue weighted by Gasteiger charge is -2.17. The van der Waals surface area contributed by atoms with E-state index >= 15 is 0 Å². The van der Waals surface area contributed by atoms with Gasteiger partial charge in [0.15, 0.2) is 0 Å². The molecule has 96 valence electrons. The van der Waals surface area contributed by atoms with E-state index in [1.165, 1.54) is 23.1 Å². The Kier molecular flexibility index (Phi) is 5.02. The molecule has 0 amide bonds. The summed E-state index contributed by atoms with van der Waals surface area (Å²) >= 11 is 2.00. The zero-order valence-corrected chi connectivity index (χ0v) is 11.8.